The number of aromatic nitrogens is 2. The number of anilines is 3. The Bertz CT molecular complexity index is 2840. The van der Waals surface area contributed by atoms with Gasteiger partial charge < -0.3 is 9.32 Å². The van der Waals surface area contributed by atoms with Crippen LogP contribution in [0.25, 0.3) is 75.7 Å². The van der Waals surface area contributed by atoms with Crippen molar-refractivity contribution in [2.24, 2.45) is 0 Å². The molecule has 0 fully saturated rings. The van der Waals surface area contributed by atoms with Gasteiger partial charge in [-0.05, 0) is 59.3 Å². The summed E-state index contributed by atoms with van der Waals surface area (Å²) in [6.45, 7) is 0. The van der Waals surface area contributed by atoms with Crippen molar-refractivity contribution in [3.63, 3.8) is 0 Å². The van der Waals surface area contributed by atoms with Crippen LogP contribution in [0.3, 0.4) is 0 Å². The maximum atomic E-state index is 6.62. The lowest BCUT2D eigenvalue weighted by Crippen LogP contribution is -2.10. The molecule has 7 aromatic carbocycles. The molecule has 0 aliphatic heterocycles. The highest BCUT2D eigenvalue weighted by Crippen LogP contribution is 2.46. The molecule has 4 nitrogen and oxygen atoms in total. The van der Waals surface area contributed by atoms with Crippen LogP contribution >= 0.6 is 11.3 Å². The van der Waals surface area contributed by atoms with E-state index < -0.39 is 0 Å². The Morgan fingerprint density at radius 1 is 0.510 bits per heavy atom. The average molecular weight is 646 g/mol. The maximum absolute atomic E-state index is 6.62. The molecule has 0 bridgehead atoms. The fourth-order valence-corrected chi connectivity index (χ4v) is 8.12. The van der Waals surface area contributed by atoms with Gasteiger partial charge in [-0.2, -0.15) is 0 Å². The predicted octanol–water partition coefficient (Wildman–Crippen LogP) is 12.7. The van der Waals surface area contributed by atoms with E-state index in [0.29, 0.717) is 5.82 Å². The third-order valence-electron chi connectivity index (χ3n) is 9.23. The van der Waals surface area contributed by atoms with Gasteiger partial charge in [-0.15, -0.1) is 11.3 Å². The second-order valence-corrected chi connectivity index (χ2v) is 13.3. The average Bonchev–Trinajstić information content (AvgIpc) is 3.74. The molecule has 0 amide bonds. The van der Waals surface area contributed by atoms with Gasteiger partial charge in [0.25, 0.3) is 0 Å². The minimum absolute atomic E-state index is 0.657. The third kappa shape index (κ3) is 4.59. The van der Waals surface area contributed by atoms with Crippen LogP contribution < -0.4 is 4.90 Å². The van der Waals surface area contributed by atoms with Crippen LogP contribution in [0.5, 0.6) is 0 Å². The molecule has 10 rings (SSSR count). The number of hydrogen-bond donors (Lipinski definition) is 0. The molecular formula is C44H27N3OS. The van der Waals surface area contributed by atoms with E-state index in [-0.39, 0.29) is 0 Å². The first-order chi connectivity index (χ1) is 24.3. The quantitative estimate of drug-likeness (QED) is 0.187. The molecule has 49 heavy (non-hydrogen) atoms. The minimum atomic E-state index is 0.657. The van der Waals surface area contributed by atoms with Crippen molar-refractivity contribution in [2.45, 2.75) is 0 Å². The number of furan rings is 1. The Balaban J connectivity index is 1.30. The van der Waals surface area contributed by atoms with Crippen molar-refractivity contribution in [1.29, 1.82) is 0 Å². The first-order valence-electron chi connectivity index (χ1n) is 16.3. The molecule has 0 saturated carbocycles. The molecule has 0 radical (unpaired) electrons. The van der Waals surface area contributed by atoms with Crippen molar-refractivity contribution >= 4 is 81.4 Å². The topological polar surface area (TPSA) is 42.2 Å². The minimum Gasteiger partial charge on any atom is -0.456 e. The summed E-state index contributed by atoms with van der Waals surface area (Å²) in [5, 5.41) is 5.61. The number of rotatable bonds is 5. The van der Waals surface area contributed by atoms with Crippen LogP contribution in [0.1, 0.15) is 0 Å². The van der Waals surface area contributed by atoms with Gasteiger partial charge in [-0.3, -0.25) is 0 Å². The highest BCUT2D eigenvalue weighted by molar-refractivity contribution is 7.26. The molecule has 0 N–H and O–H groups in total. The second kappa shape index (κ2) is 11.2. The summed E-state index contributed by atoms with van der Waals surface area (Å²) in [7, 11) is 0. The Morgan fingerprint density at radius 3 is 2.08 bits per heavy atom. The van der Waals surface area contributed by atoms with E-state index in [1.807, 2.05) is 18.2 Å². The number of para-hydroxylation sites is 2. The van der Waals surface area contributed by atoms with Crippen LogP contribution in [-0.2, 0) is 0 Å². The normalized spacial score (nSPS) is 11.7. The van der Waals surface area contributed by atoms with Crippen LogP contribution in [0.4, 0.5) is 17.1 Å². The zero-order valence-electron chi connectivity index (χ0n) is 26.2. The first kappa shape index (κ1) is 27.8. The molecule has 230 valence electrons. The van der Waals surface area contributed by atoms with Crippen molar-refractivity contribution in [3.05, 3.63) is 164 Å². The van der Waals surface area contributed by atoms with Gasteiger partial charge in [0, 0.05) is 38.0 Å². The van der Waals surface area contributed by atoms with Crippen LogP contribution in [-0.4, -0.2) is 9.97 Å². The summed E-state index contributed by atoms with van der Waals surface area (Å²) in [5.41, 5.74) is 8.58. The van der Waals surface area contributed by atoms with Gasteiger partial charge in [0.15, 0.2) is 5.82 Å². The number of hydrogen-bond acceptors (Lipinski definition) is 5. The maximum Gasteiger partial charge on any atom is 0.160 e. The lowest BCUT2D eigenvalue weighted by molar-refractivity contribution is 0.669. The van der Waals surface area contributed by atoms with Crippen molar-refractivity contribution < 1.29 is 4.42 Å². The Kier molecular flexibility index (Phi) is 6.32. The zero-order chi connectivity index (χ0) is 32.3. The Labute approximate surface area is 286 Å². The van der Waals surface area contributed by atoms with E-state index in [1.165, 1.54) is 15.5 Å². The highest BCUT2D eigenvalue weighted by Gasteiger charge is 2.23. The molecule has 0 aliphatic carbocycles. The van der Waals surface area contributed by atoms with Gasteiger partial charge in [0.1, 0.15) is 11.2 Å². The van der Waals surface area contributed by atoms with Crippen LogP contribution in [0.2, 0.25) is 0 Å². The Hall–Kier alpha value is -6.30. The number of nitrogens with zero attached hydrogens (tertiary/aromatic N) is 3. The van der Waals surface area contributed by atoms with E-state index in [1.54, 1.807) is 11.3 Å². The van der Waals surface area contributed by atoms with E-state index in [4.69, 9.17) is 14.4 Å². The lowest BCUT2D eigenvalue weighted by atomic mass is 10.0. The van der Waals surface area contributed by atoms with Gasteiger partial charge in [-0.25, -0.2) is 9.97 Å². The standard InChI is InChI=1S/C44H27N3OS/c1-3-14-29(15-4-1)41-43-42(35-20-10-12-22-39(35)49-43)46-44(45-41)31-26-36(40-34-19-9-11-21-37(34)48-38(40)27-31)47(32-17-5-2-6-18-32)33-24-23-28-13-7-8-16-30(28)25-33/h1-27H. The molecule has 0 spiro atoms. The third-order valence-corrected chi connectivity index (χ3v) is 10.4. The van der Waals surface area contributed by atoms with E-state index in [9.17, 15) is 0 Å². The van der Waals surface area contributed by atoms with E-state index in [0.717, 1.165) is 71.4 Å². The molecule has 5 heteroatoms. The van der Waals surface area contributed by atoms with E-state index in [2.05, 4.69) is 150 Å². The zero-order valence-corrected chi connectivity index (χ0v) is 27.1. The van der Waals surface area contributed by atoms with Crippen LogP contribution in [0.15, 0.2) is 168 Å². The summed E-state index contributed by atoms with van der Waals surface area (Å²) in [6.07, 6.45) is 0. The Morgan fingerprint density at radius 2 is 1.22 bits per heavy atom. The summed E-state index contributed by atoms with van der Waals surface area (Å²) < 4.78 is 8.91. The van der Waals surface area contributed by atoms with Gasteiger partial charge >= 0.3 is 0 Å². The summed E-state index contributed by atoms with van der Waals surface area (Å²) in [4.78, 5) is 13.0. The number of benzene rings is 7. The van der Waals surface area contributed by atoms with Crippen molar-refractivity contribution in [2.75, 3.05) is 4.90 Å². The van der Waals surface area contributed by atoms with Gasteiger partial charge in [0.2, 0.25) is 0 Å². The lowest BCUT2D eigenvalue weighted by Gasteiger charge is -2.27. The molecular weight excluding hydrogens is 619 g/mol. The first-order valence-corrected chi connectivity index (χ1v) is 17.1. The van der Waals surface area contributed by atoms with Crippen molar-refractivity contribution in [3.8, 4) is 22.6 Å². The number of thiophene rings is 1. The van der Waals surface area contributed by atoms with E-state index >= 15 is 0 Å². The molecule has 3 aromatic heterocycles. The monoisotopic (exact) mass is 645 g/mol. The molecule has 0 aliphatic rings. The smallest absolute Gasteiger partial charge is 0.160 e. The summed E-state index contributed by atoms with van der Waals surface area (Å²) >= 11 is 1.74. The van der Waals surface area contributed by atoms with Crippen LogP contribution in [0, 0.1) is 0 Å². The largest absolute Gasteiger partial charge is 0.456 e. The van der Waals surface area contributed by atoms with Crippen molar-refractivity contribution in [1.82, 2.24) is 9.97 Å². The second-order valence-electron chi connectivity index (χ2n) is 12.2. The molecule has 0 saturated heterocycles. The molecule has 10 aromatic rings. The fourth-order valence-electron chi connectivity index (χ4n) is 6.97. The molecule has 3 heterocycles. The summed E-state index contributed by atoms with van der Waals surface area (Å²) in [5.74, 6) is 0.657. The fraction of sp³-hybridized carbons (Fsp3) is 0. The highest BCUT2D eigenvalue weighted by atomic mass is 32.1. The SMILES string of the molecule is c1ccc(-c2nc(-c3cc(N(c4ccccc4)c4ccc5ccccc5c4)c4c(c3)oc3ccccc34)nc3c2sc2ccccc23)cc1. The predicted molar refractivity (Wildman–Crippen MR) is 205 cm³/mol. The molecule has 0 atom stereocenters. The van der Waals surface area contributed by atoms with Gasteiger partial charge in [-0.1, -0.05) is 115 Å². The molecule has 0 unspecified atom stereocenters. The summed E-state index contributed by atoms with van der Waals surface area (Å²) in [6, 6.07) is 57.2. The van der Waals surface area contributed by atoms with Gasteiger partial charge in [0.05, 0.1) is 27.0 Å². The number of fused-ring (bicyclic) bond motifs is 7.